The lowest BCUT2D eigenvalue weighted by Gasteiger charge is -1.82. The number of rotatable bonds is 0. The summed E-state index contributed by atoms with van der Waals surface area (Å²) in [7, 11) is -3.17. The van der Waals surface area contributed by atoms with Gasteiger partial charge in [0, 0.05) is 0 Å². The fourth-order valence-corrected chi connectivity index (χ4v) is 0.534. The number of sulfonamides is 1. The van der Waals surface area contributed by atoms with Gasteiger partial charge in [0.25, 0.3) is 0 Å². The first-order valence-corrected chi connectivity index (χ1v) is 5.34. The molecule has 0 bridgehead atoms. The van der Waals surface area contributed by atoms with E-state index in [1.807, 2.05) is 18.2 Å². The minimum Gasteiger partial charge on any atom is -0.229 e. The molecule has 0 aliphatic rings. The first-order chi connectivity index (χ1) is 5.39. The molecule has 0 saturated heterocycles. The van der Waals surface area contributed by atoms with E-state index in [1.54, 1.807) is 0 Å². The van der Waals surface area contributed by atoms with Crippen LogP contribution >= 0.6 is 0 Å². The van der Waals surface area contributed by atoms with Gasteiger partial charge in [0.2, 0.25) is 10.0 Å². The van der Waals surface area contributed by atoms with Crippen LogP contribution in [-0.4, -0.2) is 14.7 Å². The Balaban J connectivity index is 0.000000217. The van der Waals surface area contributed by atoms with Crippen LogP contribution in [0.3, 0.4) is 0 Å². The van der Waals surface area contributed by atoms with Gasteiger partial charge in [-0.2, -0.15) is 0 Å². The average Bonchev–Trinajstić information content (AvgIpc) is 1.85. The molecule has 0 heterocycles. The number of hydrogen-bond donors (Lipinski definition) is 1. The maximum Gasteiger partial charge on any atom is 0.206 e. The molecule has 2 N–H and O–H groups in total. The molecule has 1 aromatic rings. The molecule has 0 saturated carbocycles. The van der Waals surface area contributed by atoms with E-state index in [-0.39, 0.29) is 0 Å². The number of primary sulfonamides is 1. The Bertz CT molecular complexity index is 297. The normalized spacial score (nSPS) is 9.92. The molecule has 4 heteroatoms. The first-order valence-electron chi connectivity index (χ1n) is 3.39. The number of aryl methyl sites for hydroxylation is 1. The quantitative estimate of drug-likeness (QED) is 0.656. The molecule has 1 aromatic carbocycles. The first kappa shape index (κ1) is 11.1. The van der Waals surface area contributed by atoms with Gasteiger partial charge in [0.05, 0.1) is 6.26 Å². The van der Waals surface area contributed by atoms with Crippen molar-refractivity contribution in [3.63, 3.8) is 0 Å². The Morgan fingerprint density at radius 3 is 1.67 bits per heavy atom. The van der Waals surface area contributed by atoms with Crippen LogP contribution in [-0.2, 0) is 10.0 Å². The molecular weight excluding hydrogens is 174 g/mol. The molecular formula is C8H13NO2S. The average molecular weight is 187 g/mol. The van der Waals surface area contributed by atoms with Crippen LogP contribution in [0.2, 0.25) is 0 Å². The van der Waals surface area contributed by atoms with Crippen LogP contribution in [0.1, 0.15) is 5.56 Å². The van der Waals surface area contributed by atoms with Gasteiger partial charge in [0.15, 0.2) is 0 Å². The molecule has 68 valence electrons. The molecule has 0 unspecified atom stereocenters. The van der Waals surface area contributed by atoms with Gasteiger partial charge < -0.3 is 0 Å². The molecule has 0 aliphatic carbocycles. The van der Waals surface area contributed by atoms with Crippen molar-refractivity contribution < 1.29 is 8.42 Å². The standard InChI is InChI=1S/C7H8.CH5NO2S/c1-7-5-3-2-4-6-7;1-5(2,3)4/h2-6H,1H3;1H3,(H2,2,3,4). The second-order valence-corrected chi connectivity index (χ2v) is 4.14. The minimum atomic E-state index is -3.17. The SMILES string of the molecule is CS(N)(=O)=O.Cc1ccccc1. The van der Waals surface area contributed by atoms with Crippen molar-refractivity contribution in [3.8, 4) is 0 Å². The summed E-state index contributed by atoms with van der Waals surface area (Å²) in [4.78, 5) is 0. The third-order valence-electron chi connectivity index (χ3n) is 0.940. The summed E-state index contributed by atoms with van der Waals surface area (Å²) in [6.45, 7) is 2.08. The number of benzene rings is 1. The van der Waals surface area contributed by atoms with Gasteiger partial charge in [-0.05, 0) is 6.92 Å². The summed E-state index contributed by atoms with van der Waals surface area (Å²) in [5, 5.41) is 4.33. The second-order valence-electron chi connectivity index (χ2n) is 2.48. The monoisotopic (exact) mass is 187 g/mol. The Hall–Kier alpha value is -0.870. The summed E-state index contributed by atoms with van der Waals surface area (Å²) < 4.78 is 18.8. The zero-order valence-corrected chi connectivity index (χ0v) is 8.01. The molecule has 3 nitrogen and oxygen atoms in total. The van der Waals surface area contributed by atoms with Crippen molar-refractivity contribution >= 4 is 10.0 Å². The van der Waals surface area contributed by atoms with E-state index in [2.05, 4.69) is 24.2 Å². The van der Waals surface area contributed by atoms with Crippen LogP contribution in [0.15, 0.2) is 30.3 Å². The van der Waals surface area contributed by atoms with Crippen LogP contribution in [0, 0.1) is 6.92 Å². The Morgan fingerprint density at radius 1 is 1.17 bits per heavy atom. The Kier molecular flexibility index (Phi) is 4.54. The van der Waals surface area contributed by atoms with Gasteiger partial charge in [0.1, 0.15) is 0 Å². The molecule has 0 radical (unpaired) electrons. The molecule has 0 fully saturated rings. The lowest BCUT2D eigenvalue weighted by molar-refractivity contribution is 0.603. The highest BCUT2D eigenvalue weighted by atomic mass is 32.2. The molecule has 0 spiro atoms. The summed E-state index contributed by atoms with van der Waals surface area (Å²) in [5.74, 6) is 0. The van der Waals surface area contributed by atoms with Crippen LogP contribution in [0.4, 0.5) is 0 Å². The third-order valence-corrected chi connectivity index (χ3v) is 0.940. The highest BCUT2D eigenvalue weighted by Gasteiger charge is 1.78. The molecule has 0 aliphatic heterocycles. The van der Waals surface area contributed by atoms with Crippen LogP contribution in [0.25, 0.3) is 0 Å². The zero-order valence-electron chi connectivity index (χ0n) is 7.19. The van der Waals surface area contributed by atoms with E-state index >= 15 is 0 Å². The minimum absolute atomic E-state index is 0.938. The maximum atomic E-state index is 9.41. The lowest BCUT2D eigenvalue weighted by Crippen LogP contribution is -2.07. The molecule has 0 atom stereocenters. The predicted molar refractivity (Wildman–Crippen MR) is 50.2 cm³/mol. The molecule has 12 heavy (non-hydrogen) atoms. The van der Waals surface area contributed by atoms with E-state index in [9.17, 15) is 8.42 Å². The van der Waals surface area contributed by atoms with Crippen molar-refractivity contribution in [2.24, 2.45) is 5.14 Å². The van der Waals surface area contributed by atoms with E-state index in [0.717, 1.165) is 6.26 Å². The van der Waals surface area contributed by atoms with Gasteiger partial charge in [-0.15, -0.1) is 0 Å². The lowest BCUT2D eigenvalue weighted by atomic mass is 10.2. The van der Waals surface area contributed by atoms with Gasteiger partial charge >= 0.3 is 0 Å². The number of hydrogen-bond acceptors (Lipinski definition) is 2. The van der Waals surface area contributed by atoms with E-state index in [4.69, 9.17) is 0 Å². The van der Waals surface area contributed by atoms with E-state index in [1.165, 1.54) is 5.56 Å². The number of nitrogens with two attached hydrogens (primary N) is 1. The Morgan fingerprint density at radius 2 is 1.50 bits per heavy atom. The fraction of sp³-hybridized carbons (Fsp3) is 0.250. The van der Waals surface area contributed by atoms with Gasteiger partial charge in [-0.25, -0.2) is 13.6 Å². The van der Waals surface area contributed by atoms with Gasteiger partial charge in [-0.3, -0.25) is 0 Å². The molecule has 0 amide bonds. The zero-order chi connectivity index (χ0) is 9.61. The van der Waals surface area contributed by atoms with Crippen LogP contribution < -0.4 is 5.14 Å². The van der Waals surface area contributed by atoms with Crippen molar-refractivity contribution in [3.05, 3.63) is 35.9 Å². The molecule has 1 rings (SSSR count). The molecule has 0 aromatic heterocycles. The van der Waals surface area contributed by atoms with Crippen molar-refractivity contribution in [2.45, 2.75) is 6.92 Å². The predicted octanol–water partition coefficient (Wildman–Crippen LogP) is 0.900. The van der Waals surface area contributed by atoms with E-state index in [0.29, 0.717) is 0 Å². The summed E-state index contributed by atoms with van der Waals surface area (Å²) in [5.41, 5.74) is 1.32. The topological polar surface area (TPSA) is 60.2 Å². The van der Waals surface area contributed by atoms with Crippen LogP contribution in [0.5, 0.6) is 0 Å². The van der Waals surface area contributed by atoms with Crippen molar-refractivity contribution in [2.75, 3.05) is 6.26 Å². The fourth-order valence-electron chi connectivity index (χ4n) is 0.534. The maximum absolute atomic E-state index is 9.41. The van der Waals surface area contributed by atoms with Crippen molar-refractivity contribution in [1.29, 1.82) is 0 Å². The smallest absolute Gasteiger partial charge is 0.206 e. The largest absolute Gasteiger partial charge is 0.229 e. The summed E-state index contributed by atoms with van der Waals surface area (Å²) in [6.07, 6.45) is 0.938. The van der Waals surface area contributed by atoms with Crippen molar-refractivity contribution in [1.82, 2.24) is 0 Å². The third kappa shape index (κ3) is 11.9. The second kappa shape index (κ2) is 4.90. The Labute approximate surface area is 73.3 Å². The summed E-state index contributed by atoms with van der Waals surface area (Å²) in [6, 6.07) is 10.3. The summed E-state index contributed by atoms with van der Waals surface area (Å²) >= 11 is 0. The van der Waals surface area contributed by atoms with E-state index < -0.39 is 10.0 Å². The highest BCUT2D eigenvalue weighted by Crippen LogP contribution is 1.92. The highest BCUT2D eigenvalue weighted by molar-refractivity contribution is 7.88. The van der Waals surface area contributed by atoms with Gasteiger partial charge in [-0.1, -0.05) is 35.9 Å².